The average Bonchev–Trinajstić information content (AvgIpc) is 3.97. The molecule has 0 bridgehead atoms. The molecule has 2 aromatic heterocycles. The lowest BCUT2D eigenvalue weighted by molar-refractivity contribution is 0.464. The molecule has 0 saturated heterocycles. The number of hydrogen-bond acceptors (Lipinski definition) is 2. The van der Waals surface area contributed by atoms with Crippen molar-refractivity contribution in [3.05, 3.63) is 261 Å². The number of nitrogens with zero attached hydrogens (tertiary/aromatic N) is 2. The van der Waals surface area contributed by atoms with Crippen LogP contribution in [-0.2, 0) is 0 Å². The van der Waals surface area contributed by atoms with Gasteiger partial charge in [-0.1, -0.05) is 206 Å². The van der Waals surface area contributed by atoms with Gasteiger partial charge in [0.2, 0.25) is 0 Å². The minimum Gasteiger partial charge on any atom is -0.458 e. The van der Waals surface area contributed by atoms with E-state index in [1.807, 2.05) is 6.07 Å². The zero-order valence-electron chi connectivity index (χ0n) is 39.1. The molecule has 2 aliphatic heterocycles. The number of para-hydroxylation sites is 4. The fourth-order valence-electron chi connectivity index (χ4n) is 12.4. The van der Waals surface area contributed by atoms with Crippen LogP contribution >= 0.6 is 0 Å². The Kier molecular flexibility index (Phi) is 9.04. The quantitative estimate of drug-likeness (QED) is 0.118. The molecule has 0 fully saturated rings. The summed E-state index contributed by atoms with van der Waals surface area (Å²) in [4.78, 5) is 0. The summed E-state index contributed by atoms with van der Waals surface area (Å²) in [6.45, 7) is -0.105. The first-order valence-electron chi connectivity index (χ1n) is 24.8. The van der Waals surface area contributed by atoms with Crippen LogP contribution in [0.15, 0.2) is 261 Å². The summed E-state index contributed by atoms with van der Waals surface area (Å²) < 4.78 is 18.7. The second kappa shape index (κ2) is 16.0. The van der Waals surface area contributed by atoms with E-state index < -0.39 is 8.07 Å². The van der Waals surface area contributed by atoms with Crippen molar-refractivity contribution in [3.8, 4) is 45.5 Å². The molecule has 0 N–H and O–H groups in total. The van der Waals surface area contributed by atoms with E-state index in [4.69, 9.17) is 9.47 Å². The monoisotopic (exact) mass is 934 g/mol. The maximum Gasteiger partial charge on any atom is 0.260 e. The van der Waals surface area contributed by atoms with Gasteiger partial charge in [0.1, 0.15) is 23.0 Å². The molecular weight excluding hydrogens is 892 g/mol. The van der Waals surface area contributed by atoms with E-state index in [0.29, 0.717) is 0 Å². The van der Waals surface area contributed by atoms with Crippen molar-refractivity contribution in [2.75, 3.05) is 0 Å². The van der Waals surface area contributed by atoms with Crippen molar-refractivity contribution in [1.29, 1.82) is 0 Å². The van der Waals surface area contributed by atoms with Crippen LogP contribution in [0.5, 0.6) is 23.0 Å². The van der Waals surface area contributed by atoms with E-state index in [9.17, 15) is 0 Å². The first-order valence-corrected chi connectivity index (χ1v) is 26.8. The zero-order chi connectivity index (χ0) is 47.3. The topological polar surface area (TPSA) is 28.3 Å². The fraction of sp³-hybridized carbons (Fsp3) is 0. The van der Waals surface area contributed by atoms with Crippen LogP contribution in [0.2, 0.25) is 0 Å². The lowest BCUT2D eigenvalue weighted by Crippen LogP contribution is -2.74. The van der Waals surface area contributed by atoms with Gasteiger partial charge in [-0.15, -0.1) is 0 Å². The Hall–Kier alpha value is -9.10. The maximum absolute atomic E-state index is 7.14. The van der Waals surface area contributed by atoms with Crippen LogP contribution in [-0.4, -0.2) is 23.9 Å². The molecule has 2 aliphatic rings. The fourth-order valence-corrected chi connectivity index (χ4v) is 17.2. The van der Waals surface area contributed by atoms with Crippen molar-refractivity contribution >= 4 is 95.5 Å². The molecule has 0 radical (unpaired) electrons. The van der Waals surface area contributed by atoms with Gasteiger partial charge >= 0.3 is 0 Å². The summed E-state index contributed by atoms with van der Waals surface area (Å²) >= 11 is 0. The van der Waals surface area contributed by atoms with Gasteiger partial charge in [0, 0.05) is 44.3 Å². The summed E-state index contributed by atoms with van der Waals surface area (Å²) in [7, 11) is -2.91. The molecule has 0 amide bonds. The average molecular weight is 935 g/mol. The molecule has 0 atom stereocenters. The number of benzene rings is 11. The van der Waals surface area contributed by atoms with Gasteiger partial charge in [-0.2, -0.15) is 0 Å². The molecule has 72 heavy (non-hydrogen) atoms. The highest BCUT2D eigenvalue weighted by Gasteiger charge is 2.43. The molecule has 0 spiro atoms. The van der Waals surface area contributed by atoms with Crippen LogP contribution in [0, 0.1) is 0 Å². The van der Waals surface area contributed by atoms with Gasteiger partial charge in [0.25, 0.3) is 6.71 Å². The predicted molar refractivity (Wildman–Crippen MR) is 302 cm³/mol. The number of hydrogen-bond donors (Lipinski definition) is 0. The van der Waals surface area contributed by atoms with Gasteiger partial charge in [0.15, 0.2) is 8.07 Å². The summed E-state index contributed by atoms with van der Waals surface area (Å²) in [5.74, 6) is 3.36. The van der Waals surface area contributed by atoms with Crippen LogP contribution in [0.25, 0.3) is 66.1 Å². The molecular formula is C66H43BN2O2Si. The van der Waals surface area contributed by atoms with E-state index in [2.05, 4.69) is 264 Å². The normalized spacial score (nSPS) is 12.6. The SMILES string of the molecule is c1ccc(-n2c3ccccc3c3ccc4c(c5ccccc5n4-c4cc5c(cc4-c4cccc([Si](c6ccccc6)(c6ccccc6)c6ccccc6)c4)B4c6ccccc6Oc6cccc(c64)O5)c32)cc1. The van der Waals surface area contributed by atoms with Crippen LogP contribution in [0.4, 0.5) is 0 Å². The lowest BCUT2D eigenvalue weighted by atomic mass is 9.34. The Labute approximate surface area is 418 Å². The number of rotatable bonds is 7. The molecule has 4 heterocycles. The molecule has 15 rings (SSSR count). The molecule has 0 aliphatic carbocycles. The Morgan fingerprint density at radius 1 is 0.347 bits per heavy atom. The van der Waals surface area contributed by atoms with Gasteiger partial charge in [-0.05, 0) is 85.8 Å². The van der Waals surface area contributed by atoms with Crippen LogP contribution in [0.1, 0.15) is 0 Å². The van der Waals surface area contributed by atoms with E-state index in [1.165, 1.54) is 53.3 Å². The lowest BCUT2D eigenvalue weighted by Gasteiger charge is -2.35. The van der Waals surface area contributed by atoms with Crippen molar-refractivity contribution in [2.24, 2.45) is 0 Å². The third kappa shape index (κ3) is 5.87. The highest BCUT2D eigenvalue weighted by Crippen LogP contribution is 2.45. The van der Waals surface area contributed by atoms with Crippen molar-refractivity contribution in [3.63, 3.8) is 0 Å². The Morgan fingerprint density at radius 2 is 0.889 bits per heavy atom. The van der Waals surface area contributed by atoms with Gasteiger partial charge in [-0.25, -0.2) is 0 Å². The second-order valence-corrected chi connectivity index (χ2v) is 22.9. The van der Waals surface area contributed by atoms with Gasteiger partial charge in [-0.3, -0.25) is 0 Å². The summed E-state index contributed by atoms with van der Waals surface area (Å²) in [5, 5.41) is 10.2. The highest BCUT2D eigenvalue weighted by atomic mass is 28.3. The largest absolute Gasteiger partial charge is 0.458 e. The Balaban J connectivity index is 1.07. The Bertz CT molecular complexity index is 4190. The zero-order valence-corrected chi connectivity index (χ0v) is 40.1. The summed E-state index contributed by atoms with van der Waals surface area (Å²) in [5.41, 5.74) is 12.4. The van der Waals surface area contributed by atoms with E-state index >= 15 is 0 Å². The number of aromatic nitrogens is 2. The van der Waals surface area contributed by atoms with Gasteiger partial charge < -0.3 is 18.6 Å². The smallest absolute Gasteiger partial charge is 0.260 e. The van der Waals surface area contributed by atoms with Crippen LogP contribution < -0.4 is 46.6 Å². The van der Waals surface area contributed by atoms with E-state index in [-0.39, 0.29) is 6.71 Å². The van der Waals surface area contributed by atoms with E-state index in [1.54, 1.807) is 0 Å². The van der Waals surface area contributed by atoms with Crippen LogP contribution in [0.3, 0.4) is 0 Å². The molecule has 6 heteroatoms. The highest BCUT2D eigenvalue weighted by molar-refractivity contribution is 7.20. The molecule has 0 unspecified atom stereocenters. The van der Waals surface area contributed by atoms with Crippen molar-refractivity contribution in [2.45, 2.75) is 0 Å². The summed E-state index contributed by atoms with van der Waals surface area (Å²) in [6.07, 6.45) is 0. The molecule has 0 saturated carbocycles. The van der Waals surface area contributed by atoms with Crippen molar-refractivity contribution < 1.29 is 9.47 Å². The van der Waals surface area contributed by atoms with Gasteiger partial charge in [0.05, 0.1) is 27.8 Å². The van der Waals surface area contributed by atoms with Crippen molar-refractivity contribution in [1.82, 2.24) is 9.13 Å². The molecule has 336 valence electrons. The first-order chi connectivity index (χ1) is 35.7. The predicted octanol–water partition coefficient (Wildman–Crippen LogP) is 11.7. The molecule has 11 aromatic carbocycles. The third-order valence-electron chi connectivity index (χ3n) is 15.4. The molecule has 13 aromatic rings. The second-order valence-electron chi connectivity index (χ2n) is 19.1. The minimum atomic E-state index is -2.91. The maximum atomic E-state index is 7.14. The standard InChI is InChI=1S/C66H43BN2O2Si/c1-5-22-45(23-6-1)68-56-34-16-13-31-50(56)51-39-40-58-64(66(51)68)52-32-14-17-35-57(52)69(58)59-43-63-55(67-54-33-15-18-36-60(54)70-61-37-20-38-62(71-63)65(61)67)42-53(59)44-21-19-30-49(41-44)72(46-24-7-2-8-25-46,47-26-9-3-10-27-47)48-28-11-4-12-29-48/h1-43H. The Morgan fingerprint density at radius 3 is 1.58 bits per heavy atom. The third-order valence-corrected chi connectivity index (χ3v) is 20.2. The number of fused-ring (bicyclic) bond motifs is 11. The molecule has 4 nitrogen and oxygen atoms in total. The minimum absolute atomic E-state index is 0.105. The summed E-state index contributed by atoms with van der Waals surface area (Å²) in [6, 6.07) is 95.8. The van der Waals surface area contributed by atoms with E-state index in [0.717, 1.165) is 72.9 Å². The first kappa shape index (κ1) is 40.8. The number of ether oxygens (including phenoxy) is 2.